The molecule has 3 heteroatoms. The summed E-state index contributed by atoms with van der Waals surface area (Å²) in [6.45, 7) is 4.30. The summed E-state index contributed by atoms with van der Waals surface area (Å²) in [5, 5.41) is 0. The first-order valence-electron chi connectivity index (χ1n) is 8.00. The van der Waals surface area contributed by atoms with E-state index in [0.717, 1.165) is 40.6 Å². The fourth-order valence-electron chi connectivity index (χ4n) is 4.03. The summed E-state index contributed by atoms with van der Waals surface area (Å²) in [5.74, 6) is 2.10. The van der Waals surface area contributed by atoms with E-state index < -0.39 is 0 Å². The van der Waals surface area contributed by atoms with E-state index in [0.29, 0.717) is 0 Å². The van der Waals surface area contributed by atoms with Crippen LogP contribution in [0.15, 0.2) is 28.7 Å². The van der Waals surface area contributed by atoms with Crippen LogP contribution in [0.4, 0.5) is 0 Å². The molecule has 0 radical (unpaired) electrons. The molecule has 3 atom stereocenters. The molecule has 0 spiro atoms. The van der Waals surface area contributed by atoms with E-state index in [9.17, 15) is 4.79 Å². The number of hydrogen-bond acceptors (Lipinski definition) is 2. The van der Waals surface area contributed by atoms with Crippen molar-refractivity contribution in [1.82, 2.24) is 0 Å². The first-order chi connectivity index (χ1) is 10.0. The zero-order valence-corrected chi connectivity index (χ0v) is 14.3. The van der Waals surface area contributed by atoms with Gasteiger partial charge in [0, 0.05) is 4.47 Å². The van der Waals surface area contributed by atoms with Gasteiger partial charge in [0.15, 0.2) is 0 Å². The lowest BCUT2D eigenvalue weighted by atomic mass is 9.78. The minimum atomic E-state index is -0.185. The maximum absolute atomic E-state index is 12.4. The monoisotopic (exact) mass is 350 g/mol. The molecule has 2 bridgehead atoms. The molecule has 114 valence electrons. The van der Waals surface area contributed by atoms with Crippen molar-refractivity contribution in [2.45, 2.75) is 51.6 Å². The van der Waals surface area contributed by atoms with Gasteiger partial charge >= 0.3 is 5.97 Å². The number of carbonyl (C=O) groups excluding carboxylic acids is 1. The van der Waals surface area contributed by atoms with E-state index in [4.69, 9.17) is 4.74 Å². The standard InChI is InChI=1S/C18H23BrO2/c1-11-14-3-4-15(11)10-17(9-14)21-18(20)12(2)13-5-7-16(19)8-6-13/h5-8,11-12,14-15,17H,3-4,9-10H2,1-2H3. The molecule has 0 saturated heterocycles. The molecule has 3 rings (SSSR count). The second-order valence-electron chi connectivity index (χ2n) is 6.76. The average molecular weight is 351 g/mol. The Hall–Kier alpha value is -0.830. The second kappa shape index (κ2) is 6.12. The van der Waals surface area contributed by atoms with Crippen LogP contribution in [-0.4, -0.2) is 12.1 Å². The number of esters is 1. The molecular formula is C18H23BrO2. The predicted molar refractivity (Wildman–Crippen MR) is 87.0 cm³/mol. The lowest BCUT2D eigenvalue weighted by molar-refractivity contribution is -0.153. The highest BCUT2D eigenvalue weighted by Gasteiger charge is 2.41. The van der Waals surface area contributed by atoms with Crippen molar-refractivity contribution in [2.24, 2.45) is 17.8 Å². The molecule has 0 amide bonds. The van der Waals surface area contributed by atoms with Crippen LogP contribution in [0.25, 0.3) is 0 Å². The number of hydrogen-bond donors (Lipinski definition) is 0. The highest BCUT2D eigenvalue weighted by molar-refractivity contribution is 9.10. The van der Waals surface area contributed by atoms with Crippen LogP contribution in [0.1, 0.15) is 51.0 Å². The highest BCUT2D eigenvalue weighted by Crippen LogP contribution is 2.47. The Morgan fingerprint density at radius 3 is 2.33 bits per heavy atom. The van der Waals surface area contributed by atoms with Crippen molar-refractivity contribution in [2.75, 3.05) is 0 Å². The van der Waals surface area contributed by atoms with Gasteiger partial charge in [0.1, 0.15) is 6.10 Å². The molecule has 2 saturated carbocycles. The fourth-order valence-corrected chi connectivity index (χ4v) is 4.29. The third-order valence-electron chi connectivity index (χ3n) is 5.53. The van der Waals surface area contributed by atoms with Gasteiger partial charge in [-0.15, -0.1) is 0 Å². The molecule has 0 aliphatic heterocycles. The quantitative estimate of drug-likeness (QED) is 0.723. The average Bonchev–Trinajstić information content (AvgIpc) is 2.69. The van der Waals surface area contributed by atoms with Crippen LogP contribution >= 0.6 is 15.9 Å². The summed E-state index contributed by atoms with van der Waals surface area (Å²) < 4.78 is 6.85. The van der Waals surface area contributed by atoms with Gasteiger partial charge in [0.25, 0.3) is 0 Å². The Bertz CT molecular complexity index is 496. The molecule has 0 N–H and O–H groups in total. The van der Waals surface area contributed by atoms with Crippen LogP contribution in [0.2, 0.25) is 0 Å². The molecule has 2 fully saturated rings. The number of halogens is 1. The summed E-state index contributed by atoms with van der Waals surface area (Å²) in [6, 6.07) is 7.93. The summed E-state index contributed by atoms with van der Waals surface area (Å²) >= 11 is 3.42. The third-order valence-corrected chi connectivity index (χ3v) is 6.06. The van der Waals surface area contributed by atoms with Crippen LogP contribution in [0, 0.1) is 17.8 Å². The molecule has 21 heavy (non-hydrogen) atoms. The maximum Gasteiger partial charge on any atom is 0.313 e. The van der Waals surface area contributed by atoms with E-state index >= 15 is 0 Å². The van der Waals surface area contributed by atoms with Gasteiger partial charge in [-0.05, 0) is 68.1 Å². The first kappa shape index (κ1) is 15.1. The molecule has 2 aliphatic carbocycles. The van der Waals surface area contributed by atoms with Gasteiger partial charge in [-0.2, -0.15) is 0 Å². The summed E-state index contributed by atoms with van der Waals surface area (Å²) in [6.07, 6.45) is 4.92. The van der Waals surface area contributed by atoms with Gasteiger partial charge in [-0.25, -0.2) is 0 Å². The molecule has 0 aromatic heterocycles. The van der Waals surface area contributed by atoms with Crippen LogP contribution in [-0.2, 0) is 9.53 Å². The molecule has 3 unspecified atom stereocenters. The van der Waals surface area contributed by atoms with E-state index in [1.54, 1.807) is 0 Å². The van der Waals surface area contributed by atoms with E-state index in [1.807, 2.05) is 31.2 Å². The zero-order chi connectivity index (χ0) is 15.0. The molecular weight excluding hydrogens is 328 g/mol. The highest BCUT2D eigenvalue weighted by atomic mass is 79.9. The summed E-state index contributed by atoms with van der Waals surface area (Å²) in [5.41, 5.74) is 1.02. The minimum Gasteiger partial charge on any atom is -0.462 e. The Balaban J connectivity index is 1.60. The fraction of sp³-hybridized carbons (Fsp3) is 0.611. The van der Waals surface area contributed by atoms with Crippen molar-refractivity contribution in [1.29, 1.82) is 0 Å². The van der Waals surface area contributed by atoms with E-state index in [1.165, 1.54) is 12.8 Å². The second-order valence-corrected chi connectivity index (χ2v) is 7.68. The predicted octanol–water partition coefficient (Wildman–Crippen LogP) is 4.92. The van der Waals surface area contributed by atoms with Crippen LogP contribution in [0.5, 0.6) is 0 Å². The SMILES string of the molecule is CC(C(=O)OC1CC2CCC(C1)C2C)c1ccc(Br)cc1. The van der Waals surface area contributed by atoms with E-state index in [-0.39, 0.29) is 18.0 Å². The van der Waals surface area contributed by atoms with Gasteiger partial charge in [-0.1, -0.05) is 35.0 Å². The normalized spacial score (nSPS) is 32.7. The first-order valence-corrected chi connectivity index (χ1v) is 8.80. The number of rotatable bonds is 3. The van der Waals surface area contributed by atoms with E-state index in [2.05, 4.69) is 22.9 Å². The Labute approximate surface area is 135 Å². The largest absolute Gasteiger partial charge is 0.462 e. The van der Waals surface area contributed by atoms with Gasteiger partial charge < -0.3 is 4.74 Å². The van der Waals surface area contributed by atoms with Crippen LogP contribution in [0.3, 0.4) is 0 Å². The molecule has 1 aromatic carbocycles. The maximum atomic E-state index is 12.4. The van der Waals surface area contributed by atoms with Gasteiger partial charge in [-0.3, -0.25) is 4.79 Å². The van der Waals surface area contributed by atoms with Gasteiger partial charge in [0.2, 0.25) is 0 Å². The van der Waals surface area contributed by atoms with Crippen molar-refractivity contribution < 1.29 is 9.53 Å². The van der Waals surface area contributed by atoms with Crippen molar-refractivity contribution in [3.05, 3.63) is 34.3 Å². The topological polar surface area (TPSA) is 26.3 Å². The molecule has 2 nitrogen and oxygen atoms in total. The van der Waals surface area contributed by atoms with Crippen molar-refractivity contribution >= 4 is 21.9 Å². The molecule has 2 aliphatic rings. The summed E-state index contributed by atoms with van der Waals surface area (Å²) in [4.78, 5) is 12.4. The van der Waals surface area contributed by atoms with Crippen molar-refractivity contribution in [3.63, 3.8) is 0 Å². The number of carbonyl (C=O) groups is 1. The van der Waals surface area contributed by atoms with Gasteiger partial charge in [0.05, 0.1) is 5.92 Å². The van der Waals surface area contributed by atoms with Crippen LogP contribution < -0.4 is 0 Å². The number of ether oxygens (including phenoxy) is 1. The Kier molecular flexibility index (Phi) is 4.39. The molecule has 0 heterocycles. The smallest absolute Gasteiger partial charge is 0.313 e. The number of benzene rings is 1. The van der Waals surface area contributed by atoms with Crippen molar-refractivity contribution in [3.8, 4) is 0 Å². The molecule has 1 aromatic rings. The summed E-state index contributed by atoms with van der Waals surface area (Å²) in [7, 11) is 0. The third kappa shape index (κ3) is 3.18. The minimum absolute atomic E-state index is 0.0729. The Morgan fingerprint density at radius 1 is 1.19 bits per heavy atom. The number of fused-ring (bicyclic) bond motifs is 2. The lowest BCUT2D eigenvalue weighted by Crippen LogP contribution is -2.32. The lowest BCUT2D eigenvalue weighted by Gasteiger charge is -2.33. The Morgan fingerprint density at radius 2 is 1.76 bits per heavy atom. The zero-order valence-electron chi connectivity index (χ0n) is 12.7.